The number of aromatic nitrogens is 4. The molecule has 3 heterocycles. The second-order valence-corrected chi connectivity index (χ2v) is 8.83. The summed E-state index contributed by atoms with van der Waals surface area (Å²) in [6.45, 7) is 0.744. The lowest BCUT2D eigenvalue weighted by atomic mass is 10.0. The highest BCUT2D eigenvalue weighted by Crippen LogP contribution is 2.33. The van der Waals surface area contributed by atoms with Gasteiger partial charge in [-0.15, -0.1) is 0 Å². The molecule has 1 aliphatic rings. The van der Waals surface area contributed by atoms with Crippen LogP contribution in [0.15, 0.2) is 35.5 Å². The van der Waals surface area contributed by atoms with Crippen molar-refractivity contribution in [3.05, 3.63) is 69.1 Å². The van der Waals surface area contributed by atoms with Gasteiger partial charge in [-0.3, -0.25) is 9.59 Å². The molecule has 1 amide bonds. The van der Waals surface area contributed by atoms with Crippen molar-refractivity contribution < 1.29 is 39.9 Å². The van der Waals surface area contributed by atoms with E-state index in [4.69, 9.17) is 0 Å². The molecule has 8 nitrogen and oxygen atoms in total. The minimum absolute atomic E-state index is 0.0778. The molecule has 0 aliphatic carbocycles. The number of amides is 1. The van der Waals surface area contributed by atoms with Crippen LogP contribution in [0.2, 0.25) is 0 Å². The zero-order valence-corrected chi connectivity index (χ0v) is 19.8. The second-order valence-electron chi connectivity index (χ2n) is 8.83. The van der Waals surface area contributed by atoms with E-state index in [0.717, 1.165) is 17.2 Å². The first-order valence-corrected chi connectivity index (χ1v) is 11.2. The standard InChI is InChI=1S/C23H18F8N6O2/c1-10(35-17-7-34-36-20(38)18(17)23(29,30)31)2-13(24)9-37-8-11-3-15(16(25)4-14(11)21(37)39)19-32-5-12(6-33-19)22(26,27)28/h3-7,10,13H,2,8-9H2,1H3,(H2,35,36,38). The third-order valence-electron chi connectivity index (χ3n) is 5.86. The van der Waals surface area contributed by atoms with E-state index in [1.807, 2.05) is 0 Å². The molecule has 0 saturated carbocycles. The molecule has 0 bridgehead atoms. The van der Waals surface area contributed by atoms with Crippen LogP contribution in [0.1, 0.15) is 40.4 Å². The van der Waals surface area contributed by atoms with E-state index < -0.39 is 65.2 Å². The highest BCUT2D eigenvalue weighted by Gasteiger charge is 2.38. The molecule has 2 N–H and O–H groups in total. The fourth-order valence-electron chi connectivity index (χ4n) is 4.14. The number of fused-ring (bicyclic) bond motifs is 1. The summed E-state index contributed by atoms with van der Waals surface area (Å²) in [6.07, 6.45) is -10.0. The van der Waals surface area contributed by atoms with Crippen LogP contribution in [0.25, 0.3) is 11.4 Å². The minimum atomic E-state index is -4.99. The maximum absolute atomic E-state index is 14.9. The number of nitrogens with one attached hydrogen (secondary N) is 2. The summed E-state index contributed by atoms with van der Waals surface area (Å²) in [5.74, 6) is -2.01. The summed E-state index contributed by atoms with van der Waals surface area (Å²) in [7, 11) is 0. The first-order chi connectivity index (χ1) is 18.1. The molecule has 4 rings (SSSR count). The highest BCUT2D eigenvalue weighted by molar-refractivity contribution is 5.99. The molecule has 16 heteroatoms. The number of rotatable bonds is 7. The summed E-state index contributed by atoms with van der Waals surface area (Å²) in [4.78, 5) is 32.4. The number of carbonyl (C=O) groups excluding carboxylic acids is 1. The lowest BCUT2D eigenvalue weighted by molar-refractivity contribution is -0.139. The molecule has 0 fully saturated rings. The maximum atomic E-state index is 14.9. The molecular weight excluding hydrogens is 544 g/mol. The van der Waals surface area contributed by atoms with Gasteiger partial charge in [-0.2, -0.15) is 31.4 Å². The SMILES string of the molecule is CC(CC(F)CN1Cc2cc(-c3ncc(C(F)(F)F)cn3)c(F)cc2C1=O)Nc1cn[nH]c(=O)c1C(F)(F)F. The molecule has 1 aliphatic heterocycles. The van der Waals surface area contributed by atoms with Crippen molar-refractivity contribution in [2.75, 3.05) is 11.9 Å². The molecule has 0 saturated heterocycles. The fraction of sp³-hybridized carbons (Fsp3) is 0.348. The topological polar surface area (TPSA) is 104 Å². The molecule has 1 aromatic carbocycles. The van der Waals surface area contributed by atoms with Crippen molar-refractivity contribution in [3.63, 3.8) is 0 Å². The first-order valence-electron chi connectivity index (χ1n) is 11.2. The molecule has 0 radical (unpaired) electrons. The summed E-state index contributed by atoms with van der Waals surface area (Å²) in [5, 5.41) is 7.42. The van der Waals surface area contributed by atoms with Crippen LogP contribution < -0.4 is 10.9 Å². The van der Waals surface area contributed by atoms with Gasteiger partial charge in [0.25, 0.3) is 11.5 Å². The number of benzene rings is 1. The molecule has 39 heavy (non-hydrogen) atoms. The molecule has 2 unspecified atom stereocenters. The van der Waals surface area contributed by atoms with Gasteiger partial charge in [-0.25, -0.2) is 23.8 Å². The average molecular weight is 562 g/mol. The van der Waals surface area contributed by atoms with E-state index in [1.54, 1.807) is 5.10 Å². The van der Waals surface area contributed by atoms with Gasteiger partial charge in [-0.1, -0.05) is 0 Å². The first kappa shape index (κ1) is 27.9. The molecule has 0 spiro atoms. The molecule has 2 aromatic heterocycles. The van der Waals surface area contributed by atoms with Crippen LogP contribution in [0.5, 0.6) is 0 Å². The second kappa shape index (κ2) is 10.2. The predicted molar refractivity (Wildman–Crippen MR) is 120 cm³/mol. The smallest absolute Gasteiger partial charge is 0.381 e. The minimum Gasteiger partial charge on any atom is -0.381 e. The maximum Gasteiger partial charge on any atom is 0.423 e. The van der Waals surface area contributed by atoms with Crippen LogP contribution in [-0.2, 0) is 18.9 Å². The Hall–Kier alpha value is -4.11. The molecule has 208 valence electrons. The van der Waals surface area contributed by atoms with Gasteiger partial charge >= 0.3 is 12.4 Å². The van der Waals surface area contributed by atoms with Gasteiger partial charge in [0.2, 0.25) is 0 Å². The van der Waals surface area contributed by atoms with E-state index in [-0.39, 0.29) is 35.5 Å². The monoisotopic (exact) mass is 562 g/mol. The van der Waals surface area contributed by atoms with Crippen molar-refractivity contribution in [1.29, 1.82) is 0 Å². The van der Waals surface area contributed by atoms with Crippen molar-refractivity contribution in [1.82, 2.24) is 25.1 Å². The van der Waals surface area contributed by atoms with E-state index in [9.17, 15) is 44.7 Å². The van der Waals surface area contributed by atoms with E-state index in [2.05, 4.69) is 20.4 Å². The van der Waals surface area contributed by atoms with Gasteiger partial charge in [0, 0.05) is 37.0 Å². The third kappa shape index (κ3) is 5.98. The average Bonchev–Trinajstić information content (AvgIpc) is 3.11. The van der Waals surface area contributed by atoms with Crippen molar-refractivity contribution in [2.45, 2.75) is 44.5 Å². The lowest BCUT2D eigenvalue weighted by Crippen LogP contribution is -2.34. The van der Waals surface area contributed by atoms with Crippen LogP contribution in [0, 0.1) is 5.82 Å². The van der Waals surface area contributed by atoms with Gasteiger partial charge in [0.1, 0.15) is 17.6 Å². The lowest BCUT2D eigenvalue weighted by Gasteiger charge is -2.23. The number of aromatic amines is 1. The Bertz CT molecular complexity index is 1440. The Labute approximate surface area is 214 Å². The quantitative estimate of drug-likeness (QED) is 0.409. The van der Waals surface area contributed by atoms with E-state index in [0.29, 0.717) is 12.4 Å². The van der Waals surface area contributed by atoms with Crippen LogP contribution in [-0.4, -0.2) is 49.7 Å². The summed E-state index contributed by atoms with van der Waals surface area (Å²) < 4.78 is 107. The van der Waals surface area contributed by atoms with Crippen molar-refractivity contribution in [2.24, 2.45) is 0 Å². The van der Waals surface area contributed by atoms with Crippen molar-refractivity contribution in [3.8, 4) is 11.4 Å². The zero-order chi connectivity index (χ0) is 28.7. The van der Waals surface area contributed by atoms with Crippen LogP contribution in [0.4, 0.5) is 40.8 Å². The van der Waals surface area contributed by atoms with E-state index in [1.165, 1.54) is 13.0 Å². The molecule has 3 aromatic rings. The summed E-state index contributed by atoms with van der Waals surface area (Å²) >= 11 is 0. The number of halogens is 8. The summed E-state index contributed by atoms with van der Waals surface area (Å²) in [6, 6.07) is 1.15. The van der Waals surface area contributed by atoms with Gasteiger partial charge in [-0.05, 0) is 24.6 Å². The Balaban J connectivity index is 1.43. The van der Waals surface area contributed by atoms with Crippen LogP contribution >= 0.6 is 0 Å². The largest absolute Gasteiger partial charge is 0.423 e. The number of hydrogen-bond acceptors (Lipinski definition) is 6. The Morgan fingerprint density at radius 3 is 2.31 bits per heavy atom. The van der Waals surface area contributed by atoms with E-state index >= 15 is 0 Å². The van der Waals surface area contributed by atoms with Crippen LogP contribution in [0.3, 0.4) is 0 Å². The third-order valence-corrected chi connectivity index (χ3v) is 5.86. The zero-order valence-electron chi connectivity index (χ0n) is 19.8. The number of alkyl halides is 7. The van der Waals surface area contributed by atoms with Gasteiger partial charge < -0.3 is 10.2 Å². The van der Waals surface area contributed by atoms with Gasteiger partial charge in [0.05, 0.1) is 29.6 Å². The number of carbonyl (C=O) groups is 1. The van der Waals surface area contributed by atoms with Crippen molar-refractivity contribution >= 4 is 11.6 Å². The molecular formula is C23H18F8N6O2. The predicted octanol–water partition coefficient (Wildman–Crippen LogP) is 4.59. The highest BCUT2D eigenvalue weighted by atomic mass is 19.4. The Kier molecular flexibility index (Phi) is 7.32. The van der Waals surface area contributed by atoms with Gasteiger partial charge in [0.15, 0.2) is 5.82 Å². The number of H-pyrrole nitrogens is 1. The summed E-state index contributed by atoms with van der Waals surface area (Å²) in [5.41, 5.74) is -4.81. The number of hydrogen-bond donors (Lipinski definition) is 2. The molecule has 2 atom stereocenters. The number of anilines is 1. The fourth-order valence-corrected chi connectivity index (χ4v) is 4.14. The Morgan fingerprint density at radius 2 is 1.69 bits per heavy atom. The Morgan fingerprint density at radius 1 is 1.03 bits per heavy atom. The number of nitrogens with zero attached hydrogens (tertiary/aromatic N) is 4. The normalized spacial score (nSPS) is 15.3.